The zero-order chi connectivity index (χ0) is 21.8. The molecule has 1 amide bonds. The van der Waals surface area contributed by atoms with Crippen molar-refractivity contribution in [2.45, 2.75) is 29.4 Å². The molecule has 0 unspecified atom stereocenters. The minimum atomic E-state index is -4.08. The summed E-state index contributed by atoms with van der Waals surface area (Å²) in [6.07, 6.45) is 5.39. The summed E-state index contributed by atoms with van der Waals surface area (Å²) in [5, 5.41) is 9.23. The number of carbonyl (C=O) groups excluding carboxylic acids is 1. The predicted octanol–water partition coefficient (Wildman–Crippen LogP) is 2.53. The average Bonchev–Trinajstić information content (AvgIpc) is 2.74. The van der Waals surface area contributed by atoms with Gasteiger partial charge in [0, 0.05) is 13.1 Å². The summed E-state index contributed by atoms with van der Waals surface area (Å²) in [5.41, 5.74) is 2.59. The van der Waals surface area contributed by atoms with Gasteiger partial charge in [-0.1, -0.05) is 18.1 Å². The smallest absolute Gasteiger partial charge is 0.265 e. The van der Waals surface area contributed by atoms with E-state index in [0.29, 0.717) is 31.1 Å². The van der Waals surface area contributed by atoms with Crippen LogP contribution in [0.4, 0.5) is 0 Å². The fraction of sp³-hybridized carbons (Fsp3) is 0.318. The first-order valence-corrected chi connectivity index (χ1v) is 11.0. The van der Waals surface area contributed by atoms with Crippen molar-refractivity contribution >= 4 is 15.7 Å². The van der Waals surface area contributed by atoms with E-state index in [1.807, 2.05) is 36.1 Å². The molecule has 30 heavy (non-hydrogen) atoms. The highest BCUT2D eigenvalue weighted by atomic mass is 32.2. The van der Waals surface area contributed by atoms with Crippen molar-refractivity contribution in [1.82, 2.24) is 10.4 Å². The third kappa shape index (κ3) is 4.19. The normalized spacial score (nSPS) is 16.4. The number of hydrogen-bond donors (Lipinski definition) is 2. The van der Waals surface area contributed by atoms with Crippen molar-refractivity contribution < 1.29 is 23.2 Å². The number of ether oxygens (including phenoxy) is 1. The standard InChI is InChI=1S/C22H24N2O5S/c1-3-13-24-14-11-22(12-15-24,21(25)23-26)30(27,28)20-9-7-18(8-10-20)29-19-6-4-5-17(2)16-19/h1,4-10,16,26H,11-15H2,2H3,(H,23,25). The molecule has 0 bridgehead atoms. The number of amides is 1. The van der Waals surface area contributed by atoms with Gasteiger partial charge >= 0.3 is 0 Å². The molecule has 1 fully saturated rings. The van der Waals surface area contributed by atoms with E-state index in [1.54, 1.807) is 17.6 Å². The number of benzene rings is 2. The first-order chi connectivity index (χ1) is 14.3. The Labute approximate surface area is 176 Å². The van der Waals surface area contributed by atoms with Crippen LogP contribution in [0, 0.1) is 19.3 Å². The van der Waals surface area contributed by atoms with Gasteiger partial charge in [-0.2, -0.15) is 0 Å². The molecule has 7 nitrogen and oxygen atoms in total. The molecule has 0 saturated carbocycles. The highest BCUT2D eigenvalue weighted by molar-refractivity contribution is 7.93. The molecule has 1 aliphatic heterocycles. The maximum Gasteiger partial charge on any atom is 0.265 e. The lowest BCUT2D eigenvalue weighted by molar-refractivity contribution is -0.133. The number of piperidine rings is 1. The summed E-state index contributed by atoms with van der Waals surface area (Å²) in [5.74, 6) is 2.71. The number of nitrogens with one attached hydrogen (secondary N) is 1. The number of likely N-dealkylation sites (tertiary alicyclic amines) is 1. The van der Waals surface area contributed by atoms with Crippen molar-refractivity contribution in [2.24, 2.45) is 0 Å². The summed E-state index contributed by atoms with van der Waals surface area (Å²) < 4.78 is 30.8. The highest BCUT2D eigenvalue weighted by Crippen LogP contribution is 2.36. The summed E-state index contributed by atoms with van der Waals surface area (Å²) >= 11 is 0. The Hall–Kier alpha value is -2.86. The highest BCUT2D eigenvalue weighted by Gasteiger charge is 2.52. The first-order valence-electron chi connectivity index (χ1n) is 9.52. The van der Waals surface area contributed by atoms with Gasteiger partial charge in [-0.05, 0) is 61.7 Å². The Morgan fingerprint density at radius 2 is 1.87 bits per heavy atom. The quantitative estimate of drug-likeness (QED) is 0.417. The second-order valence-corrected chi connectivity index (χ2v) is 9.57. The third-order valence-corrected chi connectivity index (χ3v) is 7.88. The maximum atomic E-state index is 13.4. The molecular formula is C22H24N2O5S. The van der Waals surface area contributed by atoms with E-state index in [0.717, 1.165) is 5.56 Å². The lowest BCUT2D eigenvalue weighted by atomic mass is 9.95. The SMILES string of the molecule is C#CCN1CCC(C(=O)NO)(S(=O)(=O)c2ccc(Oc3cccc(C)c3)cc2)CC1. The van der Waals surface area contributed by atoms with Crippen LogP contribution in [0.3, 0.4) is 0 Å². The Balaban J connectivity index is 1.86. The molecule has 1 aliphatic rings. The number of terminal acetylenes is 1. The summed E-state index contributed by atoms with van der Waals surface area (Å²) in [6.45, 7) is 3.00. The van der Waals surface area contributed by atoms with E-state index in [1.165, 1.54) is 12.1 Å². The molecule has 0 aliphatic carbocycles. The molecular weight excluding hydrogens is 404 g/mol. The van der Waals surface area contributed by atoms with Gasteiger partial charge in [0.05, 0.1) is 11.4 Å². The van der Waals surface area contributed by atoms with Crippen LogP contribution in [0.2, 0.25) is 0 Å². The van der Waals surface area contributed by atoms with Crippen molar-refractivity contribution in [1.29, 1.82) is 0 Å². The van der Waals surface area contributed by atoms with Crippen LogP contribution in [0.1, 0.15) is 18.4 Å². The second kappa shape index (κ2) is 8.88. The third-order valence-electron chi connectivity index (χ3n) is 5.37. The van der Waals surface area contributed by atoms with Gasteiger partial charge in [-0.3, -0.25) is 14.9 Å². The van der Waals surface area contributed by atoms with Crippen molar-refractivity contribution in [3.05, 3.63) is 54.1 Å². The fourth-order valence-corrected chi connectivity index (χ4v) is 5.60. The van der Waals surface area contributed by atoms with Crippen molar-refractivity contribution in [2.75, 3.05) is 19.6 Å². The van der Waals surface area contributed by atoms with Crippen LogP contribution in [0.15, 0.2) is 53.4 Å². The van der Waals surface area contributed by atoms with E-state index in [9.17, 15) is 18.4 Å². The molecule has 1 heterocycles. The number of carbonyl (C=O) groups is 1. The molecule has 8 heteroatoms. The molecule has 3 rings (SSSR count). The van der Waals surface area contributed by atoms with Crippen LogP contribution < -0.4 is 10.2 Å². The van der Waals surface area contributed by atoms with Gasteiger partial charge in [-0.15, -0.1) is 6.42 Å². The van der Waals surface area contributed by atoms with Gasteiger partial charge in [-0.25, -0.2) is 13.9 Å². The number of nitrogens with zero attached hydrogens (tertiary/aromatic N) is 1. The first kappa shape index (κ1) is 21.8. The Morgan fingerprint density at radius 3 is 2.43 bits per heavy atom. The van der Waals surface area contributed by atoms with Gasteiger partial charge in [0.25, 0.3) is 5.91 Å². The lowest BCUT2D eigenvalue weighted by Crippen LogP contribution is -2.57. The molecule has 158 valence electrons. The van der Waals surface area contributed by atoms with Crippen LogP contribution >= 0.6 is 0 Å². The predicted molar refractivity (Wildman–Crippen MR) is 112 cm³/mol. The summed E-state index contributed by atoms with van der Waals surface area (Å²) in [6, 6.07) is 13.4. The minimum absolute atomic E-state index is 0.00640. The zero-order valence-electron chi connectivity index (χ0n) is 16.7. The number of hydroxylamine groups is 1. The molecule has 0 spiro atoms. The lowest BCUT2D eigenvalue weighted by Gasteiger charge is -2.38. The van der Waals surface area contributed by atoms with E-state index < -0.39 is 20.5 Å². The second-order valence-electron chi connectivity index (χ2n) is 7.31. The topological polar surface area (TPSA) is 95.9 Å². The van der Waals surface area contributed by atoms with E-state index in [-0.39, 0.29) is 17.7 Å². The van der Waals surface area contributed by atoms with Crippen LogP contribution in [-0.4, -0.2) is 48.8 Å². The number of aryl methyl sites for hydroxylation is 1. The van der Waals surface area contributed by atoms with Gasteiger partial charge in [0.15, 0.2) is 14.6 Å². The zero-order valence-corrected chi connectivity index (χ0v) is 17.5. The summed E-state index contributed by atoms with van der Waals surface area (Å²) in [7, 11) is -4.08. The number of hydrogen-bond acceptors (Lipinski definition) is 6. The summed E-state index contributed by atoms with van der Waals surface area (Å²) in [4.78, 5) is 14.4. The molecule has 1 saturated heterocycles. The molecule has 2 N–H and O–H groups in total. The number of rotatable bonds is 6. The largest absolute Gasteiger partial charge is 0.457 e. The van der Waals surface area contributed by atoms with Crippen molar-refractivity contribution in [3.63, 3.8) is 0 Å². The molecule has 2 aromatic rings. The number of sulfone groups is 1. The van der Waals surface area contributed by atoms with Gasteiger partial charge in [0.1, 0.15) is 11.5 Å². The van der Waals surface area contributed by atoms with E-state index >= 15 is 0 Å². The fourth-order valence-electron chi connectivity index (χ4n) is 3.65. The minimum Gasteiger partial charge on any atom is -0.457 e. The van der Waals surface area contributed by atoms with E-state index in [2.05, 4.69) is 5.92 Å². The Kier molecular flexibility index (Phi) is 6.46. The van der Waals surface area contributed by atoms with E-state index in [4.69, 9.17) is 11.2 Å². The van der Waals surface area contributed by atoms with Gasteiger partial charge < -0.3 is 4.74 Å². The van der Waals surface area contributed by atoms with Crippen LogP contribution in [0.5, 0.6) is 11.5 Å². The maximum absolute atomic E-state index is 13.4. The molecule has 2 aromatic carbocycles. The monoisotopic (exact) mass is 428 g/mol. The Bertz CT molecular complexity index is 1050. The molecule has 0 aromatic heterocycles. The average molecular weight is 429 g/mol. The van der Waals surface area contributed by atoms with Crippen LogP contribution in [-0.2, 0) is 14.6 Å². The molecule has 0 radical (unpaired) electrons. The van der Waals surface area contributed by atoms with Crippen LogP contribution in [0.25, 0.3) is 0 Å². The Morgan fingerprint density at radius 1 is 1.20 bits per heavy atom. The van der Waals surface area contributed by atoms with Gasteiger partial charge in [0.2, 0.25) is 0 Å². The van der Waals surface area contributed by atoms with Crippen molar-refractivity contribution in [3.8, 4) is 23.8 Å². The molecule has 0 atom stereocenters.